The predicted molar refractivity (Wildman–Crippen MR) is 128 cm³/mol. The van der Waals surface area contributed by atoms with Crippen molar-refractivity contribution in [2.24, 2.45) is 0 Å². The first-order chi connectivity index (χ1) is 15.9. The molecule has 0 aliphatic carbocycles. The van der Waals surface area contributed by atoms with Gasteiger partial charge >= 0.3 is 0 Å². The summed E-state index contributed by atoms with van der Waals surface area (Å²) >= 11 is 3.43. The van der Waals surface area contributed by atoms with Crippen molar-refractivity contribution in [3.63, 3.8) is 0 Å². The molecule has 5 rings (SSSR count). The lowest BCUT2D eigenvalue weighted by Crippen LogP contribution is -2.54. The molecule has 0 radical (unpaired) electrons. The normalized spacial score (nSPS) is 24.0. The molecule has 2 heterocycles. The molecule has 1 saturated heterocycles. The van der Waals surface area contributed by atoms with Crippen LogP contribution in [0.3, 0.4) is 0 Å². The summed E-state index contributed by atoms with van der Waals surface area (Å²) in [7, 11) is 1.78. The molecule has 0 saturated carbocycles. The second-order valence-corrected chi connectivity index (χ2v) is 9.35. The van der Waals surface area contributed by atoms with Gasteiger partial charge in [-0.2, -0.15) is 0 Å². The van der Waals surface area contributed by atoms with E-state index in [0.29, 0.717) is 30.2 Å². The van der Waals surface area contributed by atoms with Crippen LogP contribution in [0.5, 0.6) is 5.75 Å². The zero-order chi connectivity index (χ0) is 23.2. The van der Waals surface area contributed by atoms with Crippen LogP contribution in [0.2, 0.25) is 0 Å². The van der Waals surface area contributed by atoms with E-state index in [4.69, 9.17) is 4.74 Å². The van der Waals surface area contributed by atoms with Gasteiger partial charge in [0.15, 0.2) is 5.54 Å². The number of carbonyl (C=O) groups excluding carboxylic acids is 1. The lowest BCUT2D eigenvalue weighted by atomic mass is 9.79. The van der Waals surface area contributed by atoms with Gasteiger partial charge in [0.25, 0.3) is 11.9 Å². The first-order valence-electron chi connectivity index (χ1n) is 10.6. The summed E-state index contributed by atoms with van der Waals surface area (Å²) in [4.78, 5) is 27.3. The number of hydrogen-bond acceptors (Lipinski definition) is 5. The molecular weight excluding hydrogens is 486 g/mol. The van der Waals surface area contributed by atoms with Crippen LogP contribution in [-0.2, 0) is 16.9 Å². The molecule has 168 valence electrons. The molecule has 33 heavy (non-hydrogen) atoms. The third kappa shape index (κ3) is 3.41. The fourth-order valence-corrected chi connectivity index (χ4v) is 5.49. The van der Waals surface area contributed by atoms with Crippen molar-refractivity contribution >= 4 is 27.5 Å². The second-order valence-electron chi connectivity index (χ2n) is 8.44. The fraction of sp³-hybridized carbons (Fsp3) is 0.240. The predicted octanol–water partition coefficient (Wildman–Crippen LogP) is 4.55. The van der Waals surface area contributed by atoms with Crippen molar-refractivity contribution in [1.82, 2.24) is 4.90 Å². The summed E-state index contributed by atoms with van der Waals surface area (Å²) in [5.74, 6) is -0.291. The summed E-state index contributed by atoms with van der Waals surface area (Å²) in [5.41, 5.74) is 1.63. The molecule has 2 aliphatic heterocycles. The van der Waals surface area contributed by atoms with Gasteiger partial charge in [0.05, 0.1) is 5.92 Å². The Kier molecular flexibility index (Phi) is 5.42. The number of nitrogens with one attached hydrogen (secondary N) is 1. The Morgan fingerprint density at radius 3 is 2.58 bits per heavy atom. The number of nitrogens with zero attached hydrogens (tertiary/aromatic N) is 2. The molecule has 0 aromatic heterocycles. The molecule has 3 atom stereocenters. The maximum atomic E-state index is 13.3. The number of carbonyl (C=O) groups is 1. The van der Waals surface area contributed by atoms with E-state index in [9.17, 15) is 14.9 Å². The van der Waals surface area contributed by atoms with E-state index < -0.39 is 17.5 Å². The highest BCUT2D eigenvalue weighted by atomic mass is 79.9. The minimum absolute atomic E-state index is 0.304. The molecule has 1 fully saturated rings. The summed E-state index contributed by atoms with van der Waals surface area (Å²) in [5, 5.41) is 15.4. The molecule has 1 spiro atoms. The topological polar surface area (TPSA) is 84.7 Å². The standard InChI is InChI=1S/C25H22BrN3O4/c1-28-14-19(18-6-2-5-9-22(18)33-15-16-10-12-17(26)13-11-16)23(29(31)32)25(28)20-7-3-4-8-21(20)27-24(25)30/h2-13,19,23H,14-15H2,1H3,(H,27,30)/t19-,23-,25+/m1/s1. The fourth-order valence-electron chi connectivity index (χ4n) is 5.22. The Morgan fingerprint density at radius 1 is 1.12 bits per heavy atom. The van der Waals surface area contributed by atoms with E-state index in [1.165, 1.54) is 0 Å². The average molecular weight is 508 g/mol. The summed E-state index contributed by atoms with van der Waals surface area (Å²) < 4.78 is 7.11. The van der Waals surface area contributed by atoms with Gasteiger partial charge < -0.3 is 10.1 Å². The number of halogens is 1. The molecule has 3 aromatic carbocycles. The lowest BCUT2D eigenvalue weighted by molar-refractivity contribution is -0.534. The van der Waals surface area contributed by atoms with Gasteiger partial charge in [-0.3, -0.25) is 19.8 Å². The maximum Gasteiger partial charge on any atom is 0.256 e. The van der Waals surface area contributed by atoms with Gasteiger partial charge in [0.1, 0.15) is 12.4 Å². The summed E-state index contributed by atoms with van der Waals surface area (Å²) in [6.07, 6.45) is 0. The smallest absolute Gasteiger partial charge is 0.256 e. The van der Waals surface area contributed by atoms with Crippen LogP contribution in [0.25, 0.3) is 0 Å². The Hall–Kier alpha value is -3.23. The van der Waals surface area contributed by atoms with Crippen LogP contribution in [-0.4, -0.2) is 35.4 Å². The molecule has 0 unspecified atom stereocenters. The molecule has 7 nitrogen and oxygen atoms in total. The number of rotatable bonds is 5. The number of para-hydroxylation sites is 2. The lowest BCUT2D eigenvalue weighted by Gasteiger charge is -2.30. The molecule has 2 aliphatic rings. The molecule has 1 N–H and O–H groups in total. The largest absolute Gasteiger partial charge is 0.489 e. The number of fused-ring (bicyclic) bond motifs is 2. The monoisotopic (exact) mass is 507 g/mol. The van der Waals surface area contributed by atoms with Gasteiger partial charge in [0.2, 0.25) is 0 Å². The summed E-state index contributed by atoms with van der Waals surface area (Å²) in [6, 6.07) is 21.3. The zero-order valence-electron chi connectivity index (χ0n) is 17.9. The van der Waals surface area contributed by atoms with E-state index in [2.05, 4.69) is 21.2 Å². The maximum absolute atomic E-state index is 13.3. The first-order valence-corrected chi connectivity index (χ1v) is 11.4. The number of anilines is 1. The number of benzene rings is 3. The van der Waals surface area contributed by atoms with Gasteiger partial charge in [-0.15, -0.1) is 0 Å². The number of nitro groups is 1. The first kappa shape index (κ1) is 21.6. The number of hydrogen-bond donors (Lipinski definition) is 1. The minimum Gasteiger partial charge on any atom is -0.489 e. The molecule has 0 bridgehead atoms. The van der Waals surface area contributed by atoms with Crippen molar-refractivity contribution in [3.05, 3.63) is 104 Å². The highest BCUT2D eigenvalue weighted by molar-refractivity contribution is 9.10. The number of ether oxygens (including phenoxy) is 1. The molecule has 8 heteroatoms. The quantitative estimate of drug-likeness (QED) is 0.404. The van der Waals surface area contributed by atoms with Crippen molar-refractivity contribution in [1.29, 1.82) is 0 Å². The van der Waals surface area contributed by atoms with Crippen LogP contribution in [0, 0.1) is 10.1 Å². The van der Waals surface area contributed by atoms with E-state index >= 15 is 0 Å². The zero-order valence-corrected chi connectivity index (χ0v) is 19.5. The van der Waals surface area contributed by atoms with E-state index in [0.717, 1.165) is 15.6 Å². The molecule has 3 aromatic rings. The van der Waals surface area contributed by atoms with Crippen molar-refractivity contribution in [3.8, 4) is 5.75 Å². The molecular formula is C25H22BrN3O4. The van der Waals surface area contributed by atoms with E-state index in [1.54, 1.807) is 19.2 Å². The van der Waals surface area contributed by atoms with Gasteiger partial charge in [0, 0.05) is 32.8 Å². The second kappa shape index (κ2) is 8.28. The third-order valence-electron chi connectivity index (χ3n) is 6.67. The van der Waals surface area contributed by atoms with Crippen LogP contribution >= 0.6 is 15.9 Å². The summed E-state index contributed by atoms with van der Waals surface area (Å²) in [6.45, 7) is 0.691. The minimum atomic E-state index is -1.37. The van der Waals surface area contributed by atoms with Crippen LogP contribution in [0.4, 0.5) is 5.69 Å². The number of likely N-dealkylation sites (N-methyl/N-ethyl adjacent to an activating group) is 1. The Labute approximate surface area is 199 Å². The Balaban J connectivity index is 1.54. The average Bonchev–Trinajstić information content (AvgIpc) is 3.28. The van der Waals surface area contributed by atoms with Gasteiger partial charge in [-0.25, -0.2) is 0 Å². The SMILES string of the molecule is CN1C[C@H](c2ccccc2OCc2ccc(Br)cc2)[C@@H]([N+](=O)[O-])[C@@]12C(=O)Nc1ccccc12. The van der Waals surface area contributed by atoms with Crippen LogP contribution in [0.15, 0.2) is 77.3 Å². The van der Waals surface area contributed by atoms with Crippen LogP contribution < -0.4 is 10.1 Å². The number of amides is 1. The van der Waals surface area contributed by atoms with E-state index in [1.807, 2.05) is 65.6 Å². The Morgan fingerprint density at radius 2 is 1.82 bits per heavy atom. The number of likely N-dealkylation sites (tertiary alicyclic amines) is 1. The van der Waals surface area contributed by atoms with Gasteiger partial charge in [-0.05, 0) is 36.9 Å². The molecule has 1 amide bonds. The Bertz CT molecular complexity index is 1230. The highest BCUT2D eigenvalue weighted by Crippen LogP contribution is 2.52. The third-order valence-corrected chi connectivity index (χ3v) is 7.20. The highest BCUT2D eigenvalue weighted by Gasteiger charge is 2.68. The van der Waals surface area contributed by atoms with Crippen molar-refractivity contribution < 1.29 is 14.5 Å². The van der Waals surface area contributed by atoms with Gasteiger partial charge in [-0.1, -0.05) is 64.5 Å². The van der Waals surface area contributed by atoms with Crippen LogP contribution in [0.1, 0.15) is 22.6 Å². The van der Waals surface area contributed by atoms with E-state index in [-0.39, 0.29) is 10.8 Å². The van der Waals surface area contributed by atoms with Crippen molar-refractivity contribution in [2.75, 3.05) is 18.9 Å². The van der Waals surface area contributed by atoms with Crippen molar-refractivity contribution in [2.45, 2.75) is 24.1 Å².